The molecule has 1 rings (SSSR count). The molecule has 2 N–H and O–H groups in total. The van der Waals surface area contributed by atoms with Crippen molar-refractivity contribution < 1.29 is 13.2 Å². The van der Waals surface area contributed by atoms with E-state index in [1.807, 2.05) is 0 Å². The van der Waals surface area contributed by atoms with Crippen molar-refractivity contribution in [1.29, 1.82) is 0 Å². The van der Waals surface area contributed by atoms with Crippen molar-refractivity contribution in [3.63, 3.8) is 0 Å². The molecule has 0 unspecified atom stereocenters. The summed E-state index contributed by atoms with van der Waals surface area (Å²) in [4.78, 5) is 11.0. The van der Waals surface area contributed by atoms with Crippen molar-refractivity contribution in [2.75, 3.05) is 31.6 Å². The monoisotopic (exact) mass is 206 g/mol. The lowest BCUT2D eigenvalue weighted by molar-refractivity contribution is -0.118. The maximum Gasteiger partial charge on any atom is 0.235 e. The maximum atomic E-state index is 11.0. The predicted molar refractivity (Wildman–Crippen MR) is 49.1 cm³/mol. The number of carbonyl (C=O) groups excluding carboxylic acids is 1. The summed E-state index contributed by atoms with van der Waals surface area (Å²) in [6.07, 6.45) is 1.05. The fourth-order valence-electron chi connectivity index (χ4n) is 1.04. The van der Waals surface area contributed by atoms with E-state index >= 15 is 0 Å². The average molecular weight is 206 g/mol. The second kappa shape index (κ2) is 4.06. The molecule has 1 aliphatic rings. The molecule has 0 aromatic heterocycles. The highest BCUT2D eigenvalue weighted by Gasteiger charge is 2.18. The van der Waals surface area contributed by atoms with Crippen LogP contribution in [0.15, 0.2) is 0 Å². The molecule has 1 heterocycles. The van der Waals surface area contributed by atoms with E-state index in [-0.39, 0.29) is 0 Å². The molecule has 0 atom stereocenters. The molecular formula is C7H14N2O3S. The van der Waals surface area contributed by atoms with Crippen molar-refractivity contribution in [1.82, 2.24) is 10.6 Å². The molecule has 0 aromatic rings. The van der Waals surface area contributed by atoms with Crippen LogP contribution in [0.2, 0.25) is 0 Å². The topological polar surface area (TPSA) is 75.3 Å². The predicted octanol–water partition coefficient (Wildman–Crippen LogP) is -1.63. The number of hydrogen-bond acceptors (Lipinski definition) is 4. The number of rotatable bonds is 4. The Hall–Kier alpha value is -0.620. The van der Waals surface area contributed by atoms with E-state index in [1.54, 1.807) is 0 Å². The Morgan fingerprint density at radius 2 is 2.15 bits per heavy atom. The lowest BCUT2D eigenvalue weighted by Crippen LogP contribution is -2.48. The van der Waals surface area contributed by atoms with Gasteiger partial charge in [0, 0.05) is 31.8 Å². The molecule has 76 valence electrons. The van der Waals surface area contributed by atoms with Crippen LogP contribution in [0, 0.1) is 5.92 Å². The van der Waals surface area contributed by atoms with Crippen LogP contribution in [-0.4, -0.2) is 46.0 Å². The number of amides is 1. The fraction of sp³-hybridized carbons (Fsp3) is 0.857. The van der Waals surface area contributed by atoms with E-state index in [2.05, 4.69) is 10.6 Å². The van der Waals surface area contributed by atoms with Gasteiger partial charge in [-0.15, -0.1) is 0 Å². The second-order valence-electron chi connectivity index (χ2n) is 3.40. The van der Waals surface area contributed by atoms with Crippen LogP contribution in [0.4, 0.5) is 0 Å². The zero-order valence-electron chi connectivity index (χ0n) is 7.54. The SMILES string of the molecule is CS(=O)(=O)CC(=O)NCC1CNC1. The summed E-state index contributed by atoms with van der Waals surface area (Å²) in [7, 11) is -3.19. The van der Waals surface area contributed by atoms with E-state index in [0.717, 1.165) is 19.3 Å². The third-order valence-electron chi connectivity index (χ3n) is 1.85. The Kier molecular flexibility index (Phi) is 3.27. The Morgan fingerprint density at radius 3 is 2.54 bits per heavy atom. The third kappa shape index (κ3) is 4.23. The van der Waals surface area contributed by atoms with Crippen LogP contribution in [-0.2, 0) is 14.6 Å². The summed E-state index contributed by atoms with van der Waals surface area (Å²) in [5.41, 5.74) is 0. The van der Waals surface area contributed by atoms with Gasteiger partial charge in [-0.1, -0.05) is 0 Å². The first kappa shape index (κ1) is 10.5. The zero-order chi connectivity index (χ0) is 9.90. The highest BCUT2D eigenvalue weighted by Crippen LogP contribution is 1.99. The second-order valence-corrected chi connectivity index (χ2v) is 5.54. The van der Waals surface area contributed by atoms with Crippen molar-refractivity contribution in [2.24, 2.45) is 5.92 Å². The van der Waals surface area contributed by atoms with Crippen molar-refractivity contribution in [3.05, 3.63) is 0 Å². The van der Waals surface area contributed by atoms with Gasteiger partial charge < -0.3 is 10.6 Å². The highest BCUT2D eigenvalue weighted by atomic mass is 32.2. The van der Waals surface area contributed by atoms with Crippen LogP contribution < -0.4 is 10.6 Å². The maximum absolute atomic E-state index is 11.0. The fourth-order valence-corrected chi connectivity index (χ4v) is 1.62. The number of carbonyl (C=O) groups is 1. The Labute approximate surface area is 77.8 Å². The third-order valence-corrected chi connectivity index (χ3v) is 2.63. The largest absolute Gasteiger partial charge is 0.355 e. The van der Waals surface area contributed by atoms with Gasteiger partial charge in [0.05, 0.1) is 0 Å². The molecule has 13 heavy (non-hydrogen) atoms. The Bertz CT molecular complexity index is 282. The molecule has 0 spiro atoms. The minimum atomic E-state index is -3.19. The molecule has 6 heteroatoms. The minimum Gasteiger partial charge on any atom is -0.355 e. The van der Waals surface area contributed by atoms with Crippen LogP contribution in [0.3, 0.4) is 0 Å². The van der Waals surface area contributed by atoms with Gasteiger partial charge in [0.2, 0.25) is 5.91 Å². The summed E-state index contributed by atoms with van der Waals surface area (Å²) in [5.74, 6) is -0.356. The number of nitrogens with one attached hydrogen (secondary N) is 2. The molecule has 0 aliphatic carbocycles. The summed E-state index contributed by atoms with van der Waals surface area (Å²) in [6, 6.07) is 0. The van der Waals surface area contributed by atoms with Crippen LogP contribution in [0.1, 0.15) is 0 Å². The van der Waals surface area contributed by atoms with Crippen LogP contribution in [0.25, 0.3) is 0 Å². The molecule has 1 amide bonds. The molecule has 1 saturated heterocycles. The van der Waals surface area contributed by atoms with Crippen molar-refractivity contribution in [3.8, 4) is 0 Å². The first-order chi connectivity index (χ1) is 5.97. The van der Waals surface area contributed by atoms with Gasteiger partial charge in [-0.3, -0.25) is 4.79 Å². The van der Waals surface area contributed by atoms with Gasteiger partial charge in [-0.25, -0.2) is 8.42 Å². The molecule has 0 radical (unpaired) electrons. The molecule has 1 fully saturated rings. The van der Waals surface area contributed by atoms with Gasteiger partial charge >= 0.3 is 0 Å². The quantitative estimate of drug-likeness (QED) is 0.579. The summed E-state index contributed by atoms with van der Waals surface area (Å²) >= 11 is 0. The van der Waals surface area contributed by atoms with Crippen molar-refractivity contribution in [2.45, 2.75) is 0 Å². The first-order valence-corrected chi connectivity index (χ1v) is 6.18. The lowest BCUT2D eigenvalue weighted by atomic mass is 10.0. The van der Waals surface area contributed by atoms with Gasteiger partial charge in [-0.2, -0.15) is 0 Å². The van der Waals surface area contributed by atoms with Crippen molar-refractivity contribution >= 4 is 15.7 Å². The minimum absolute atomic E-state index is 0.408. The van der Waals surface area contributed by atoms with Crippen LogP contribution in [0.5, 0.6) is 0 Å². The standard InChI is InChI=1S/C7H14N2O3S/c1-13(11,12)5-7(10)9-4-6-2-8-3-6/h6,8H,2-5H2,1H3,(H,9,10). The highest BCUT2D eigenvalue weighted by molar-refractivity contribution is 7.91. The van der Waals surface area contributed by atoms with E-state index < -0.39 is 21.5 Å². The number of hydrogen-bond donors (Lipinski definition) is 2. The van der Waals surface area contributed by atoms with Gasteiger partial charge in [0.15, 0.2) is 9.84 Å². The van der Waals surface area contributed by atoms with E-state index in [1.165, 1.54) is 0 Å². The first-order valence-electron chi connectivity index (χ1n) is 4.12. The summed E-state index contributed by atoms with van der Waals surface area (Å²) in [6.45, 7) is 2.37. The molecule has 0 saturated carbocycles. The van der Waals surface area contributed by atoms with E-state index in [0.29, 0.717) is 12.5 Å². The Balaban J connectivity index is 2.17. The zero-order valence-corrected chi connectivity index (χ0v) is 8.36. The van der Waals surface area contributed by atoms with Gasteiger partial charge in [-0.05, 0) is 0 Å². The van der Waals surface area contributed by atoms with Gasteiger partial charge in [0.1, 0.15) is 5.75 Å². The van der Waals surface area contributed by atoms with Crippen LogP contribution >= 0.6 is 0 Å². The Morgan fingerprint density at radius 1 is 1.54 bits per heavy atom. The molecule has 0 bridgehead atoms. The number of sulfone groups is 1. The van der Waals surface area contributed by atoms with E-state index in [4.69, 9.17) is 0 Å². The smallest absolute Gasteiger partial charge is 0.235 e. The molecular weight excluding hydrogens is 192 g/mol. The molecule has 1 aliphatic heterocycles. The summed E-state index contributed by atoms with van der Waals surface area (Å²) in [5, 5.41) is 5.65. The lowest BCUT2D eigenvalue weighted by Gasteiger charge is -2.26. The molecule has 5 nitrogen and oxygen atoms in total. The summed E-state index contributed by atoms with van der Waals surface area (Å²) < 4.78 is 21.4. The molecule has 0 aromatic carbocycles. The van der Waals surface area contributed by atoms with E-state index in [9.17, 15) is 13.2 Å². The van der Waals surface area contributed by atoms with Gasteiger partial charge in [0.25, 0.3) is 0 Å². The average Bonchev–Trinajstić information content (AvgIpc) is 1.78. The normalized spacial score (nSPS) is 17.9.